The van der Waals surface area contributed by atoms with E-state index in [4.69, 9.17) is 11.1 Å². The van der Waals surface area contributed by atoms with Crippen molar-refractivity contribution in [1.82, 2.24) is 0 Å². The van der Waals surface area contributed by atoms with E-state index in [1.807, 2.05) is 25.1 Å². The van der Waals surface area contributed by atoms with Crippen LogP contribution in [0.2, 0.25) is 0 Å². The summed E-state index contributed by atoms with van der Waals surface area (Å²) in [7, 11) is -3.18. The molecule has 0 aliphatic carbocycles. The van der Waals surface area contributed by atoms with Gasteiger partial charge in [0.2, 0.25) is 0 Å². The Morgan fingerprint density at radius 3 is 2.29 bits per heavy atom. The molecule has 0 heterocycles. The molecule has 0 saturated carbocycles. The Balaban J connectivity index is 2.34. The Morgan fingerprint density at radius 1 is 1.14 bits per heavy atom. The highest BCUT2D eigenvalue weighted by atomic mass is 32.2. The summed E-state index contributed by atoms with van der Waals surface area (Å²) in [5, 5.41) is 7.61. The van der Waals surface area contributed by atoms with Crippen molar-refractivity contribution >= 4 is 27.4 Å². The van der Waals surface area contributed by atoms with Gasteiger partial charge in [-0.25, -0.2) is 8.42 Å². The molecular formula is C15H16N2O2S2. The van der Waals surface area contributed by atoms with Gasteiger partial charge in [-0.3, -0.25) is 5.41 Å². The lowest BCUT2D eigenvalue weighted by Crippen LogP contribution is -2.12. The van der Waals surface area contributed by atoms with Gasteiger partial charge in [0.25, 0.3) is 0 Å². The lowest BCUT2D eigenvalue weighted by Gasteiger charge is -2.09. The van der Waals surface area contributed by atoms with Gasteiger partial charge >= 0.3 is 0 Å². The summed E-state index contributed by atoms with van der Waals surface area (Å²) in [4.78, 5) is 2.08. The van der Waals surface area contributed by atoms with Crippen LogP contribution in [0.15, 0.2) is 57.2 Å². The van der Waals surface area contributed by atoms with Crippen molar-refractivity contribution in [3.63, 3.8) is 0 Å². The van der Waals surface area contributed by atoms with Crippen LogP contribution >= 0.6 is 11.8 Å². The van der Waals surface area contributed by atoms with Gasteiger partial charge in [0.05, 0.1) is 4.90 Å². The second-order valence-corrected chi connectivity index (χ2v) is 7.89. The Kier molecular flexibility index (Phi) is 4.39. The fourth-order valence-corrected chi connectivity index (χ4v) is 3.51. The molecule has 21 heavy (non-hydrogen) atoms. The molecule has 0 amide bonds. The minimum absolute atomic E-state index is 0.0188. The minimum atomic E-state index is -3.18. The lowest BCUT2D eigenvalue weighted by atomic mass is 10.1. The number of nitrogens with two attached hydrogens (primary N) is 1. The molecular weight excluding hydrogens is 304 g/mol. The number of aryl methyl sites for hydroxylation is 1. The van der Waals surface area contributed by atoms with Gasteiger partial charge in [0.1, 0.15) is 5.84 Å². The van der Waals surface area contributed by atoms with Gasteiger partial charge in [-0.05, 0) is 48.9 Å². The number of hydrogen-bond acceptors (Lipinski definition) is 4. The highest BCUT2D eigenvalue weighted by molar-refractivity contribution is 7.99. The summed E-state index contributed by atoms with van der Waals surface area (Å²) < 4.78 is 22.9. The van der Waals surface area contributed by atoms with Crippen LogP contribution in [0.25, 0.3) is 0 Å². The predicted octanol–water partition coefficient (Wildman–Crippen LogP) is 2.83. The summed E-state index contributed by atoms with van der Waals surface area (Å²) in [6, 6.07) is 12.4. The van der Waals surface area contributed by atoms with E-state index in [1.54, 1.807) is 24.3 Å². The largest absolute Gasteiger partial charge is 0.384 e. The van der Waals surface area contributed by atoms with Crippen LogP contribution in [-0.2, 0) is 9.84 Å². The second-order valence-electron chi connectivity index (χ2n) is 4.76. The quantitative estimate of drug-likeness (QED) is 0.670. The van der Waals surface area contributed by atoms with Gasteiger partial charge in [0.15, 0.2) is 9.84 Å². The summed E-state index contributed by atoms with van der Waals surface area (Å²) >= 11 is 1.46. The van der Waals surface area contributed by atoms with Gasteiger partial charge < -0.3 is 5.73 Å². The Hall–Kier alpha value is -1.79. The van der Waals surface area contributed by atoms with Crippen LogP contribution in [-0.4, -0.2) is 20.5 Å². The van der Waals surface area contributed by atoms with E-state index in [9.17, 15) is 8.42 Å². The van der Waals surface area contributed by atoms with E-state index >= 15 is 0 Å². The number of benzene rings is 2. The van der Waals surface area contributed by atoms with Crippen LogP contribution in [0.4, 0.5) is 0 Å². The van der Waals surface area contributed by atoms with Gasteiger partial charge in [-0.2, -0.15) is 0 Å². The molecule has 110 valence electrons. The third-order valence-corrected chi connectivity index (χ3v) is 5.10. The highest BCUT2D eigenvalue weighted by Crippen LogP contribution is 2.31. The molecule has 6 heteroatoms. The first kappa shape index (κ1) is 15.6. The SMILES string of the molecule is Cc1ccc(C(=N)N)c(Sc2ccc(S(C)(=O)=O)cc2)c1. The molecule has 0 fully saturated rings. The van der Waals surface area contributed by atoms with Crippen molar-refractivity contribution in [2.75, 3.05) is 6.26 Å². The smallest absolute Gasteiger partial charge is 0.175 e. The van der Waals surface area contributed by atoms with Crippen molar-refractivity contribution in [3.8, 4) is 0 Å². The molecule has 0 unspecified atom stereocenters. The molecule has 0 aromatic heterocycles. The lowest BCUT2D eigenvalue weighted by molar-refractivity contribution is 0.602. The summed E-state index contributed by atoms with van der Waals surface area (Å²) in [6.45, 7) is 1.97. The van der Waals surface area contributed by atoms with Crippen molar-refractivity contribution in [2.24, 2.45) is 5.73 Å². The molecule has 4 nitrogen and oxygen atoms in total. The third kappa shape index (κ3) is 3.86. The molecule has 2 aromatic rings. The highest BCUT2D eigenvalue weighted by Gasteiger charge is 2.10. The molecule has 3 N–H and O–H groups in total. The molecule has 0 aliphatic rings. The average Bonchev–Trinajstić information content (AvgIpc) is 2.38. The monoisotopic (exact) mass is 320 g/mol. The number of sulfone groups is 1. The van der Waals surface area contributed by atoms with Gasteiger partial charge in [-0.15, -0.1) is 0 Å². The van der Waals surface area contributed by atoms with Gasteiger partial charge in [0, 0.05) is 21.6 Å². The zero-order valence-corrected chi connectivity index (χ0v) is 13.4. The third-order valence-electron chi connectivity index (χ3n) is 2.91. The van der Waals surface area contributed by atoms with Crippen molar-refractivity contribution < 1.29 is 8.42 Å². The molecule has 2 rings (SSSR count). The maximum atomic E-state index is 11.4. The van der Waals surface area contributed by atoms with Crippen LogP contribution < -0.4 is 5.73 Å². The molecule has 0 aliphatic heterocycles. The average molecular weight is 320 g/mol. The number of nitrogens with one attached hydrogen (secondary N) is 1. The van der Waals surface area contributed by atoms with E-state index in [1.165, 1.54) is 18.0 Å². The van der Waals surface area contributed by atoms with Crippen LogP contribution in [0, 0.1) is 12.3 Å². The van der Waals surface area contributed by atoms with Crippen LogP contribution in [0.5, 0.6) is 0 Å². The molecule has 0 saturated heterocycles. The molecule has 2 aromatic carbocycles. The first-order valence-electron chi connectivity index (χ1n) is 6.20. The minimum Gasteiger partial charge on any atom is -0.384 e. The maximum Gasteiger partial charge on any atom is 0.175 e. The second kappa shape index (κ2) is 5.91. The van der Waals surface area contributed by atoms with Crippen LogP contribution in [0.3, 0.4) is 0 Å². The summed E-state index contributed by atoms with van der Waals surface area (Å²) in [6.07, 6.45) is 1.18. The fraction of sp³-hybridized carbons (Fsp3) is 0.133. The normalized spacial score (nSPS) is 11.3. The van der Waals surface area contributed by atoms with Crippen molar-refractivity contribution in [3.05, 3.63) is 53.6 Å². The molecule has 0 spiro atoms. The van der Waals surface area contributed by atoms with E-state index in [0.29, 0.717) is 10.5 Å². The number of hydrogen-bond donors (Lipinski definition) is 2. The standard InChI is InChI=1S/C15H16N2O2S2/c1-10-3-8-13(15(16)17)14(9-10)20-11-4-6-12(7-5-11)21(2,18)19/h3-9H,1-2H3,(H3,16,17). The Bertz CT molecular complexity index is 782. The first-order chi connectivity index (χ1) is 9.77. The topological polar surface area (TPSA) is 84.0 Å². The van der Waals surface area contributed by atoms with Crippen molar-refractivity contribution in [1.29, 1.82) is 5.41 Å². The van der Waals surface area contributed by atoms with E-state index in [0.717, 1.165) is 15.4 Å². The number of rotatable bonds is 4. The zero-order valence-electron chi connectivity index (χ0n) is 11.8. The number of nitrogen functional groups attached to an aromatic ring is 1. The molecule has 0 radical (unpaired) electrons. The summed E-state index contributed by atoms with van der Waals surface area (Å²) in [5.41, 5.74) is 7.35. The number of amidine groups is 1. The predicted molar refractivity (Wildman–Crippen MR) is 85.9 cm³/mol. The first-order valence-corrected chi connectivity index (χ1v) is 8.91. The van der Waals surface area contributed by atoms with E-state index in [2.05, 4.69) is 0 Å². The van der Waals surface area contributed by atoms with Crippen LogP contribution in [0.1, 0.15) is 11.1 Å². The maximum absolute atomic E-state index is 11.4. The van der Waals surface area contributed by atoms with Gasteiger partial charge in [-0.1, -0.05) is 17.8 Å². The van der Waals surface area contributed by atoms with E-state index < -0.39 is 9.84 Å². The summed E-state index contributed by atoms with van der Waals surface area (Å²) in [5.74, 6) is 0.0188. The zero-order chi connectivity index (χ0) is 15.6. The van der Waals surface area contributed by atoms with E-state index in [-0.39, 0.29) is 5.84 Å². The molecule has 0 atom stereocenters. The Morgan fingerprint density at radius 2 is 1.76 bits per heavy atom. The molecule has 0 bridgehead atoms. The Labute approximate surface area is 128 Å². The van der Waals surface area contributed by atoms with Crippen molar-refractivity contribution in [2.45, 2.75) is 21.6 Å². The fourth-order valence-electron chi connectivity index (χ4n) is 1.82.